The predicted molar refractivity (Wildman–Crippen MR) is 154 cm³/mol. The van der Waals surface area contributed by atoms with E-state index in [-0.39, 0.29) is 12.1 Å². The number of benzene rings is 3. The summed E-state index contributed by atoms with van der Waals surface area (Å²) in [6, 6.07) is 25.8. The second-order valence-electron chi connectivity index (χ2n) is 9.80. The third-order valence-corrected chi connectivity index (χ3v) is 7.24. The van der Waals surface area contributed by atoms with Crippen LogP contribution in [0.25, 0.3) is 0 Å². The average molecular weight is 541 g/mol. The highest BCUT2D eigenvalue weighted by molar-refractivity contribution is 7.98. The minimum atomic E-state index is -0.489. The molecule has 5 rings (SSSR count). The van der Waals surface area contributed by atoms with Crippen LogP contribution in [0.2, 0.25) is 0 Å². The number of thioether (sulfide) groups is 1. The number of fused-ring (bicyclic) bond motifs is 1. The number of nitrogens with zero attached hydrogens (tertiary/aromatic N) is 3. The molecular weight excluding hydrogens is 508 g/mol. The summed E-state index contributed by atoms with van der Waals surface area (Å²) in [5.41, 5.74) is 5.61. The Morgan fingerprint density at radius 1 is 0.974 bits per heavy atom. The number of aryl methyl sites for hydroxylation is 1. The Labute approximate surface area is 233 Å². The Bertz CT molecular complexity index is 1460. The van der Waals surface area contributed by atoms with E-state index in [1.165, 1.54) is 11.1 Å². The second kappa shape index (κ2) is 11.8. The van der Waals surface area contributed by atoms with Crippen LogP contribution in [0.15, 0.2) is 95.3 Å². The molecule has 2 heterocycles. The molecule has 8 heteroatoms. The molecule has 0 spiro atoms. The van der Waals surface area contributed by atoms with Crippen LogP contribution in [0.4, 0.5) is 5.95 Å². The van der Waals surface area contributed by atoms with E-state index < -0.39 is 6.04 Å². The minimum absolute atomic E-state index is 0.245. The molecule has 39 heavy (non-hydrogen) atoms. The van der Waals surface area contributed by atoms with Gasteiger partial charge >= 0.3 is 5.97 Å². The summed E-state index contributed by atoms with van der Waals surface area (Å²) >= 11 is 1.56. The lowest BCUT2D eigenvalue weighted by Crippen LogP contribution is -2.30. The maximum atomic E-state index is 13.3. The molecule has 7 nitrogen and oxygen atoms in total. The zero-order valence-corrected chi connectivity index (χ0v) is 23.4. The van der Waals surface area contributed by atoms with Gasteiger partial charge in [0.25, 0.3) is 0 Å². The molecule has 1 N–H and O–H groups in total. The number of nitrogens with one attached hydrogen (secondary N) is 1. The largest absolute Gasteiger partial charge is 0.489 e. The summed E-state index contributed by atoms with van der Waals surface area (Å²) in [5.74, 6) is 1.71. The van der Waals surface area contributed by atoms with Gasteiger partial charge in [0.05, 0.1) is 11.7 Å². The first-order valence-corrected chi connectivity index (χ1v) is 14.0. The molecule has 0 saturated carbocycles. The van der Waals surface area contributed by atoms with E-state index >= 15 is 0 Å². The number of esters is 1. The maximum absolute atomic E-state index is 13.3. The molecule has 0 fully saturated rings. The molecule has 200 valence electrons. The van der Waals surface area contributed by atoms with E-state index in [0.717, 1.165) is 22.6 Å². The van der Waals surface area contributed by atoms with E-state index in [9.17, 15) is 4.79 Å². The van der Waals surface area contributed by atoms with Crippen molar-refractivity contribution in [3.63, 3.8) is 0 Å². The zero-order valence-electron chi connectivity index (χ0n) is 22.5. The number of carbonyl (C=O) groups excluding carboxylic acids is 1. The third kappa shape index (κ3) is 6.34. The highest BCUT2D eigenvalue weighted by Gasteiger charge is 2.35. The van der Waals surface area contributed by atoms with Crippen molar-refractivity contribution in [2.75, 3.05) is 5.32 Å². The van der Waals surface area contributed by atoms with Gasteiger partial charge in [-0.2, -0.15) is 4.98 Å². The van der Waals surface area contributed by atoms with Crippen molar-refractivity contribution in [2.24, 2.45) is 0 Å². The molecule has 0 aliphatic carbocycles. The smallest absolute Gasteiger partial charge is 0.338 e. The molecule has 1 aliphatic heterocycles. The molecule has 0 saturated heterocycles. The standard InChI is InChI=1S/C31H32N4O3S/c1-20(2)38-29(36)27-22(4)32-30-33-31(39-19-24-8-6-5-7-9-24)34-35(30)28(27)25-14-16-26(17-15-25)37-18-23-12-10-21(3)11-13-23/h5-17,20,28H,18-19H2,1-4H3,(H,32,33,34). The molecular formula is C31H32N4O3S. The highest BCUT2D eigenvalue weighted by Crippen LogP contribution is 2.37. The van der Waals surface area contributed by atoms with Crippen molar-refractivity contribution in [1.29, 1.82) is 0 Å². The molecule has 0 bridgehead atoms. The first-order valence-electron chi connectivity index (χ1n) is 13.0. The molecule has 1 aliphatic rings. The fourth-order valence-corrected chi connectivity index (χ4v) is 5.15. The van der Waals surface area contributed by atoms with Gasteiger partial charge in [0.15, 0.2) is 0 Å². The molecule has 0 radical (unpaired) electrons. The van der Waals surface area contributed by atoms with E-state index in [1.807, 2.05) is 63.2 Å². The van der Waals surface area contributed by atoms with Gasteiger partial charge in [0, 0.05) is 11.4 Å². The van der Waals surface area contributed by atoms with Gasteiger partial charge in [0.2, 0.25) is 11.1 Å². The van der Waals surface area contributed by atoms with Crippen LogP contribution in [-0.2, 0) is 21.9 Å². The van der Waals surface area contributed by atoms with Gasteiger partial charge in [-0.3, -0.25) is 0 Å². The molecule has 4 aromatic rings. The van der Waals surface area contributed by atoms with Crippen LogP contribution in [0, 0.1) is 6.92 Å². The highest BCUT2D eigenvalue weighted by atomic mass is 32.2. The van der Waals surface area contributed by atoms with Gasteiger partial charge in [-0.25, -0.2) is 9.48 Å². The van der Waals surface area contributed by atoms with Crippen molar-refractivity contribution in [3.8, 4) is 5.75 Å². The van der Waals surface area contributed by atoms with Gasteiger partial charge < -0.3 is 14.8 Å². The van der Waals surface area contributed by atoms with Gasteiger partial charge in [-0.1, -0.05) is 84.1 Å². The third-order valence-electron chi connectivity index (χ3n) is 6.33. The zero-order chi connectivity index (χ0) is 27.4. The lowest BCUT2D eigenvalue weighted by Gasteiger charge is -2.28. The predicted octanol–water partition coefficient (Wildman–Crippen LogP) is 6.70. The first kappa shape index (κ1) is 26.6. The normalized spacial score (nSPS) is 14.6. The number of carbonyl (C=O) groups is 1. The van der Waals surface area contributed by atoms with Crippen molar-refractivity contribution < 1.29 is 14.3 Å². The van der Waals surface area contributed by atoms with Gasteiger partial charge in [0.1, 0.15) is 18.4 Å². The topological polar surface area (TPSA) is 78.3 Å². The lowest BCUT2D eigenvalue weighted by molar-refractivity contribution is -0.143. The Morgan fingerprint density at radius 2 is 1.69 bits per heavy atom. The summed E-state index contributed by atoms with van der Waals surface area (Å²) in [6.45, 7) is 8.11. The number of hydrogen-bond donors (Lipinski definition) is 1. The molecule has 1 aromatic heterocycles. The number of rotatable bonds is 9. The molecule has 1 atom stereocenters. The lowest BCUT2D eigenvalue weighted by atomic mass is 9.95. The number of hydrogen-bond acceptors (Lipinski definition) is 7. The summed E-state index contributed by atoms with van der Waals surface area (Å²) in [4.78, 5) is 18.0. The van der Waals surface area contributed by atoms with Crippen molar-refractivity contribution in [3.05, 3.63) is 112 Å². The first-order chi connectivity index (χ1) is 18.9. The monoisotopic (exact) mass is 540 g/mol. The number of allylic oxidation sites excluding steroid dienone is 1. The van der Waals surface area contributed by atoms with Crippen LogP contribution in [0.3, 0.4) is 0 Å². The average Bonchev–Trinajstić information content (AvgIpc) is 3.33. The molecule has 0 amide bonds. The summed E-state index contributed by atoms with van der Waals surface area (Å²) in [6.07, 6.45) is -0.245. The number of anilines is 1. The Balaban J connectivity index is 1.41. The summed E-state index contributed by atoms with van der Waals surface area (Å²) in [7, 11) is 0. The van der Waals surface area contributed by atoms with E-state index in [4.69, 9.17) is 19.6 Å². The minimum Gasteiger partial charge on any atom is -0.489 e. The number of ether oxygens (including phenoxy) is 2. The Kier molecular flexibility index (Phi) is 8.02. The van der Waals surface area contributed by atoms with Gasteiger partial charge in [-0.05, 0) is 56.5 Å². The Morgan fingerprint density at radius 3 is 2.38 bits per heavy atom. The van der Waals surface area contributed by atoms with Gasteiger partial charge in [-0.15, -0.1) is 5.10 Å². The van der Waals surface area contributed by atoms with Crippen LogP contribution in [-0.4, -0.2) is 26.8 Å². The van der Waals surface area contributed by atoms with Crippen molar-refractivity contribution in [1.82, 2.24) is 14.8 Å². The fourth-order valence-electron chi connectivity index (χ4n) is 4.36. The molecule has 1 unspecified atom stereocenters. The van der Waals surface area contributed by atoms with E-state index in [1.54, 1.807) is 16.4 Å². The number of aromatic nitrogens is 3. The maximum Gasteiger partial charge on any atom is 0.338 e. The quantitative estimate of drug-likeness (QED) is 0.187. The summed E-state index contributed by atoms with van der Waals surface area (Å²) < 4.78 is 13.4. The van der Waals surface area contributed by atoms with E-state index in [0.29, 0.717) is 29.0 Å². The van der Waals surface area contributed by atoms with E-state index in [2.05, 4.69) is 48.6 Å². The van der Waals surface area contributed by atoms with Crippen molar-refractivity contribution >= 4 is 23.7 Å². The van der Waals surface area contributed by atoms with Crippen LogP contribution >= 0.6 is 11.8 Å². The Hall–Kier alpha value is -4.04. The van der Waals surface area contributed by atoms with Crippen LogP contribution < -0.4 is 10.1 Å². The van der Waals surface area contributed by atoms with Crippen LogP contribution in [0.1, 0.15) is 49.1 Å². The van der Waals surface area contributed by atoms with Crippen molar-refractivity contribution in [2.45, 2.75) is 57.4 Å². The van der Waals surface area contributed by atoms with Crippen LogP contribution in [0.5, 0.6) is 5.75 Å². The fraction of sp³-hybridized carbons (Fsp3) is 0.258. The summed E-state index contributed by atoms with van der Waals surface area (Å²) in [5, 5.41) is 8.71. The molecule has 3 aromatic carbocycles. The second-order valence-corrected chi connectivity index (χ2v) is 10.7. The SMILES string of the molecule is CC1=C(C(=O)OC(C)C)C(c2ccc(OCc3ccc(C)cc3)cc2)n2nc(SCc3ccccc3)nc2N1.